The molecule has 1 aromatic carbocycles. The Kier molecular flexibility index (Phi) is 5.95. The molecule has 0 fully saturated rings. The molecule has 0 radical (unpaired) electrons. The summed E-state index contributed by atoms with van der Waals surface area (Å²) in [6, 6.07) is 16.2. The molecule has 3 heterocycles. The molecule has 2 aromatic heterocycles. The molecule has 1 atom stereocenters. The third-order valence-corrected chi connectivity index (χ3v) is 5.46. The van der Waals surface area contributed by atoms with Crippen molar-refractivity contribution in [1.29, 1.82) is 0 Å². The van der Waals surface area contributed by atoms with Gasteiger partial charge < -0.3 is 19.0 Å². The maximum Gasteiger partial charge on any atom is 0.287 e. The van der Waals surface area contributed by atoms with E-state index in [2.05, 4.69) is 59.1 Å². The van der Waals surface area contributed by atoms with Crippen LogP contribution in [0.2, 0.25) is 0 Å². The first-order valence-corrected chi connectivity index (χ1v) is 10.4. The van der Waals surface area contributed by atoms with Gasteiger partial charge in [0, 0.05) is 31.5 Å². The number of hydrogen-bond acceptors (Lipinski definition) is 4. The van der Waals surface area contributed by atoms with Crippen molar-refractivity contribution in [2.75, 3.05) is 20.2 Å². The second-order valence-electron chi connectivity index (χ2n) is 8.15. The number of aromatic nitrogens is 1. The molecule has 0 unspecified atom stereocenters. The minimum Gasteiger partial charge on any atom is -0.497 e. The first-order chi connectivity index (χ1) is 14.5. The van der Waals surface area contributed by atoms with Crippen molar-refractivity contribution < 1.29 is 13.9 Å². The predicted molar refractivity (Wildman–Crippen MR) is 116 cm³/mol. The van der Waals surface area contributed by atoms with Gasteiger partial charge in [-0.15, -0.1) is 0 Å². The van der Waals surface area contributed by atoms with Gasteiger partial charge in [0.25, 0.3) is 5.91 Å². The molecule has 0 bridgehead atoms. The van der Waals surface area contributed by atoms with Crippen molar-refractivity contribution in [2.24, 2.45) is 5.92 Å². The smallest absolute Gasteiger partial charge is 0.287 e. The molecule has 1 N–H and O–H groups in total. The first-order valence-electron chi connectivity index (χ1n) is 10.4. The first kappa shape index (κ1) is 20.3. The number of nitrogens with zero attached hydrogens (tertiary/aromatic N) is 2. The highest BCUT2D eigenvalue weighted by atomic mass is 16.5. The number of furan rings is 1. The lowest BCUT2D eigenvalue weighted by Gasteiger charge is -2.37. The lowest BCUT2D eigenvalue weighted by molar-refractivity contribution is 0.0914. The number of rotatable bonds is 7. The monoisotopic (exact) mass is 407 g/mol. The minimum atomic E-state index is -0.160. The van der Waals surface area contributed by atoms with Gasteiger partial charge in [0.2, 0.25) is 0 Å². The van der Waals surface area contributed by atoms with E-state index in [4.69, 9.17) is 9.15 Å². The molecule has 1 aliphatic rings. The molecule has 4 rings (SSSR count). The van der Waals surface area contributed by atoms with E-state index in [1.165, 1.54) is 11.3 Å². The third kappa shape index (κ3) is 4.28. The van der Waals surface area contributed by atoms with Crippen LogP contribution >= 0.6 is 0 Å². The lowest BCUT2D eigenvalue weighted by Crippen LogP contribution is -2.37. The Morgan fingerprint density at radius 3 is 2.87 bits per heavy atom. The molecular weight excluding hydrogens is 378 g/mol. The summed E-state index contributed by atoms with van der Waals surface area (Å²) in [5, 5.41) is 2.91. The Balaban J connectivity index is 1.56. The Bertz CT molecular complexity index is 1000. The van der Waals surface area contributed by atoms with Crippen molar-refractivity contribution in [3.63, 3.8) is 0 Å². The van der Waals surface area contributed by atoms with Crippen molar-refractivity contribution in [3.05, 3.63) is 77.5 Å². The topological polar surface area (TPSA) is 59.6 Å². The van der Waals surface area contributed by atoms with E-state index in [0.29, 0.717) is 24.8 Å². The maximum absolute atomic E-state index is 12.3. The molecule has 6 heteroatoms. The van der Waals surface area contributed by atoms with Crippen LogP contribution in [0.1, 0.15) is 47.5 Å². The molecule has 6 nitrogen and oxygen atoms in total. The van der Waals surface area contributed by atoms with Gasteiger partial charge >= 0.3 is 0 Å². The SMILES string of the molecule is COc1cccc([C@H]2c3cccn3CCN2Cc2ccc(C(=O)NCC(C)C)o2)c1. The van der Waals surface area contributed by atoms with E-state index >= 15 is 0 Å². The quantitative estimate of drug-likeness (QED) is 0.641. The lowest BCUT2D eigenvalue weighted by atomic mass is 9.99. The standard InChI is InChI=1S/C24H29N3O3/c1-17(2)15-25-24(28)22-10-9-20(30-22)16-27-13-12-26-11-5-8-21(26)23(27)18-6-4-7-19(14-18)29-3/h4-11,14,17,23H,12-13,15-16H2,1-3H3,(H,25,28)/t23-/m0/s1. The van der Waals surface area contributed by atoms with E-state index < -0.39 is 0 Å². The number of carbonyl (C=O) groups is 1. The fraction of sp³-hybridized carbons (Fsp3) is 0.375. The van der Waals surface area contributed by atoms with Gasteiger partial charge in [0.15, 0.2) is 5.76 Å². The number of amides is 1. The van der Waals surface area contributed by atoms with E-state index in [-0.39, 0.29) is 11.9 Å². The van der Waals surface area contributed by atoms with Gasteiger partial charge in [-0.25, -0.2) is 0 Å². The van der Waals surface area contributed by atoms with Crippen molar-refractivity contribution in [1.82, 2.24) is 14.8 Å². The fourth-order valence-corrected chi connectivity index (χ4v) is 3.96. The van der Waals surface area contributed by atoms with Gasteiger partial charge in [0.05, 0.1) is 19.7 Å². The summed E-state index contributed by atoms with van der Waals surface area (Å²) < 4.78 is 13.6. The molecule has 3 aromatic rings. The number of fused-ring (bicyclic) bond motifs is 1. The van der Waals surface area contributed by atoms with Crippen molar-refractivity contribution >= 4 is 5.91 Å². The van der Waals surface area contributed by atoms with Gasteiger partial charge in [-0.3, -0.25) is 9.69 Å². The molecule has 1 aliphatic heterocycles. The molecule has 30 heavy (non-hydrogen) atoms. The summed E-state index contributed by atoms with van der Waals surface area (Å²) in [5.41, 5.74) is 2.42. The molecule has 0 aliphatic carbocycles. The molecule has 0 saturated heterocycles. The van der Waals surface area contributed by atoms with Crippen LogP contribution in [0.25, 0.3) is 0 Å². The largest absolute Gasteiger partial charge is 0.497 e. The molecule has 1 amide bonds. The van der Waals surface area contributed by atoms with Gasteiger partial charge in [-0.2, -0.15) is 0 Å². The van der Waals surface area contributed by atoms with Crippen LogP contribution in [-0.2, 0) is 13.1 Å². The minimum absolute atomic E-state index is 0.0900. The zero-order valence-electron chi connectivity index (χ0n) is 17.8. The van der Waals surface area contributed by atoms with Crippen LogP contribution in [-0.4, -0.2) is 35.6 Å². The summed E-state index contributed by atoms with van der Waals surface area (Å²) in [5.74, 6) is 2.24. The molecular formula is C24H29N3O3. The molecule has 158 valence electrons. The summed E-state index contributed by atoms with van der Waals surface area (Å²) in [6.07, 6.45) is 2.13. The summed E-state index contributed by atoms with van der Waals surface area (Å²) in [4.78, 5) is 14.7. The third-order valence-electron chi connectivity index (χ3n) is 5.46. The second-order valence-corrected chi connectivity index (χ2v) is 8.15. The normalized spacial score (nSPS) is 16.5. The van der Waals surface area contributed by atoms with Crippen LogP contribution in [0.15, 0.2) is 59.1 Å². The van der Waals surface area contributed by atoms with Crippen molar-refractivity contribution in [2.45, 2.75) is 33.0 Å². The molecule has 0 saturated carbocycles. The number of methoxy groups -OCH3 is 1. The Morgan fingerprint density at radius 1 is 1.20 bits per heavy atom. The predicted octanol–water partition coefficient (Wildman–Crippen LogP) is 4.08. The van der Waals surface area contributed by atoms with Crippen molar-refractivity contribution in [3.8, 4) is 5.75 Å². The average molecular weight is 408 g/mol. The number of carbonyl (C=O) groups excluding carboxylic acids is 1. The summed E-state index contributed by atoms with van der Waals surface area (Å²) in [6.45, 7) is 7.21. The molecule has 0 spiro atoms. The van der Waals surface area contributed by atoms with Crippen LogP contribution in [0.4, 0.5) is 0 Å². The number of hydrogen-bond donors (Lipinski definition) is 1. The number of ether oxygens (including phenoxy) is 1. The summed E-state index contributed by atoms with van der Waals surface area (Å²) >= 11 is 0. The highest BCUT2D eigenvalue weighted by Crippen LogP contribution is 2.35. The van der Waals surface area contributed by atoms with E-state index in [0.717, 1.165) is 24.6 Å². The van der Waals surface area contributed by atoms with Crippen LogP contribution < -0.4 is 10.1 Å². The Labute approximate surface area is 177 Å². The fourth-order valence-electron chi connectivity index (χ4n) is 3.96. The summed E-state index contributed by atoms with van der Waals surface area (Å²) in [7, 11) is 1.69. The zero-order chi connectivity index (χ0) is 21.1. The van der Waals surface area contributed by atoms with E-state index in [9.17, 15) is 4.79 Å². The van der Waals surface area contributed by atoms with Gasteiger partial charge in [0.1, 0.15) is 11.5 Å². The Morgan fingerprint density at radius 2 is 2.07 bits per heavy atom. The van der Waals surface area contributed by atoms with Gasteiger partial charge in [-0.05, 0) is 47.9 Å². The van der Waals surface area contributed by atoms with Crippen LogP contribution in [0.5, 0.6) is 5.75 Å². The van der Waals surface area contributed by atoms with Crippen LogP contribution in [0.3, 0.4) is 0 Å². The van der Waals surface area contributed by atoms with Gasteiger partial charge in [-0.1, -0.05) is 26.0 Å². The highest BCUT2D eigenvalue weighted by Gasteiger charge is 2.30. The Hall–Kier alpha value is -2.99. The number of benzene rings is 1. The second kappa shape index (κ2) is 8.79. The van der Waals surface area contributed by atoms with E-state index in [1.807, 2.05) is 18.2 Å². The zero-order valence-corrected chi connectivity index (χ0v) is 17.8. The van der Waals surface area contributed by atoms with E-state index in [1.54, 1.807) is 13.2 Å². The van der Waals surface area contributed by atoms with Crippen LogP contribution in [0, 0.1) is 5.92 Å². The highest BCUT2D eigenvalue weighted by molar-refractivity contribution is 5.91. The average Bonchev–Trinajstić information content (AvgIpc) is 3.41. The maximum atomic E-state index is 12.3. The number of nitrogens with one attached hydrogen (secondary N) is 1.